The summed E-state index contributed by atoms with van der Waals surface area (Å²) in [5, 5.41) is 6.00. The van der Waals surface area contributed by atoms with Gasteiger partial charge in [-0.3, -0.25) is 0 Å². The van der Waals surface area contributed by atoms with Gasteiger partial charge in [-0.05, 0) is 31.2 Å². The van der Waals surface area contributed by atoms with Crippen molar-refractivity contribution in [3.63, 3.8) is 0 Å². The van der Waals surface area contributed by atoms with E-state index in [1.807, 2.05) is 48.0 Å². The first-order chi connectivity index (χ1) is 8.25. The van der Waals surface area contributed by atoms with E-state index in [9.17, 15) is 0 Å². The summed E-state index contributed by atoms with van der Waals surface area (Å²) in [7, 11) is 0. The SMILES string of the molecule is Cc1nn(-c2ccccc2)c2nc(Cl)ccc12. The summed E-state index contributed by atoms with van der Waals surface area (Å²) < 4.78 is 1.82. The van der Waals surface area contributed by atoms with Crippen molar-refractivity contribution >= 4 is 22.6 Å². The maximum Gasteiger partial charge on any atom is 0.164 e. The Kier molecular flexibility index (Phi) is 2.34. The van der Waals surface area contributed by atoms with Gasteiger partial charge in [0.1, 0.15) is 5.15 Å². The zero-order valence-electron chi connectivity index (χ0n) is 9.26. The maximum absolute atomic E-state index is 5.94. The normalized spacial score (nSPS) is 10.9. The molecule has 0 aliphatic heterocycles. The molecule has 2 aromatic heterocycles. The largest absolute Gasteiger partial charge is 0.216 e. The van der Waals surface area contributed by atoms with Crippen LogP contribution in [0.4, 0.5) is 0 Å². The molecule has 0 saturated heterocycles. The highest BCUT2D eigenvalue weighted by Crippen LogP contribution is 2.21. The van der Waals surface area contributed by atoms with Crippen LogP contribution in [0.3, 0.4) is 0 Å². The van der Waals surface area contributed by atoms with Crippen LogP contribution in [0.25, 0.3) is 16.7 Å². The molecule has 0 atom stereocenters. The number of pyridine rings is 1. The van der Waals surface area contributed by atoms with Gasteiger partial charge >= 0.3 is 0 Å². The Bertz CT molecular complexity index is 674. The minimum absolute atomic E-state index is 0.481. The average molecular weight is 244 g/mol. The van der Waals surface area contributed by atoms with Crippen LogP contribution in [-0.2, 0) is 0 Å². The van der Waals surface area contributed by atoms with Crippen molar-refractivity contribution < 1.29 is 0 Å². The third-order valence-corrected chi connectivity index (χ3v) is 2.89. The van der Waals surface area contributed by atoms with E-state index in [0.29, 0.717) is 5.15 Å². The fourth-order valence-corrected chi connectivity index (χ4v) is 2.01. The topological polar surface area (TPSA) is 30.7 Å². The zero-order valence-corrected chi connectivity index (χ0v) is 10.0. The van der Waals surface area contributed by atoms with Gasteiger partial charge < -0.3 is 0 Å². The molecule has 17 heavy (non-hydrogen) atoms. The molecule has 0 radical (unpaired) electrons. The molecule has 1 aromatic carbocycles. The maximum atomic E-state index is 5.94. The lowest BCUT2D eigenvalue weighted by Crippen LogP contribution is -1.97. The minimum Gasteiger partial charge on any atom is -0.216 e. The molecule has 3 aromatic rings. The Labute approximate surface area is 104 Å². The van der Waals surface area contributed by atoms with E-state index in [1.165, 1.54) is 0 Å². The first-order valence-electron chi connectivity index (χ1n) is 5.33. The second kappa shape index (κ2) is 3.86. The Morgan fingerprint density at radius 1 is 1.06 bits per heavy atom. The number of nitrogens with zero attached hydrogens (tertiary/aromatic N) is 3. The first kappa shape index (κ1) is 10.3. The predicted molar refractivity (Wildman–Crippen MR) is 68.6 cm³/mol. The van der Waals surface area contributed by atoms with E-state index in [0.717, 1.165) is 22.4 Å². The summed E-state index contributed by atoms with van der Waals surface area (Å²) in [6, 6.07) is 13.6. The fraction of sp³-hybridized carbons (Fsp3) is 0.0769. The van der Waals surface area contributed by atoms with Crippen molar-refractivity contribution in [1.82, 2.24) is 14.8 Å². The van der Waals surface area contributed by atoms with Gasteiger partial charge in [0.05, 0.1) is 11.4 Å². The summed E-state index contributed by atoms with van der Waals surface area (Å²) in [6.45, 7) is 1.97. The van der Waals surface area contributed by atoms with E-state index >= 15 is 0 Å². The Hall–Kier alpha value is -1.87. The molecule has 0 unspecified atom stereocenters. The monoisotopic (exact) mass is 243 g/mol. The van der Waals surface area contributed by atoms with E-state index in [-0.39, 0.29) is 0 Å². The number of aryl methyl sites for hydroxylation is 1. The number of fused-ring (bicyclic) bond motifs is 1. The molecule has 0 amide bonds. The van der Waals surface area contributed by atoms with Crippen molar-refractivity contribution in [2.75, 3.05) is 0 Å². The van der Waals surface area contributed by atoms with Crippen LogP contribution >= 0.6 is 11.6 Å². The number of hydrogen-bond acceptors (Lipinski definition) is 2. The number of halogens is 1. The molecule has 0 fully saturated rings. The van der Waals surface area contributed by atoms with Crippen LogP contribution in [-0.4, -0.2) is 14.8 Å². The summed E-state index contributed by atoms with van der Waals surface area (Å²) >= 11 is 5.94. The third-order valence-electron chi connectivity index (χ3n) is 2.68. The first-order valence-corrected chi connectivity index (χ1v) is 5.71. The lowest BCUT2D eigenvalue weighted by atomic mass is 10.3. The second-order valence-electron chi connectivity index (χ2n) is 3.84. The van der Waals surface area contributed by atoms with Gasteiger partial charge in [-0.1, -0.05) is 29.8 Å². The molecule has 3 rings (SSSR count). The molecular weight excluding hydrogens is 234 g/mol. The minimum atomic E-state index is 0.481. The quantitative estimate of drug-likeness (QED) is 0.614. The van der Waals surface area contributed by atoms with Crippen molar-refractivity contribution in [1.29, 1.82) is 0 Å². The van der Waals surface area contributed by atoms with Gasteiger partial charge in [0.2, 0.25) is 0 Å². The summed E-state index contributed by atoms with van der Waals surface area (Å²) in [5.74, 6) is 0. The van der Waals surface area contributed by atoms with Gasteiger partial charge in [-0.25, -0.2) is 9.67 Å². The van der Waals surface area contributed by atoms with Crippen molar-refractivity contribution in [2.24, 2.45) is 0 Å². The number of aromatic nitrogens is 3. The molecular formula is C13H10ClN3. The van der Waals surface area contributed by atoms with Gasteiger partial charge in [0.15, 0.2) is 5.65 Å². The van der Waals surface area contributed by atoms with Crippen molar-refractivity contribution in [3.05, 3.63) is 53.3 Å². The smallest absolute Gasteiger partial charge is 0.164 e. The standard InChI is InChI=1S/C13H10ClN3/c1-9-11-7-8-12(14)15-13(11)17(16-9)10-5-3-2-4-6-10/h2-8H,1H3. The van der Waals surface area contributed by atoms with Crippen LogP contribution in [0, 0.1) is 6.92 Å². The van der Waals surface area contributed by atoms with E-state index in [2.05, 4.69) is 10.1 Å². The Balaban J connectivity index is 2.34. The Morgan fingerprint density at radius 3 is 2.59 bits per heavy atom. The molecule has 0 saturated carbocycles. The highest BCUT2D eigenvalue weighted by Gasteiger charge is 2.10. The average Bonchev–Trinajstić information content (AvgIpc) is 2.67. The van der Waals surface area contributed by atoms with Gasteiger partial charge in [-0.15, -0.1) is 0 Å². The predicted octanol–water partition coefficient (Wildman–Crippen LogP) is 3.38. The van der Waals surface area contributed by atoms with Crippen LogP contribution in [0.1, 0.15) is 5.69 Å². The van der Waals surface area contributed by atoms with Gasteiger partial charge in [0.25, 0.3) is 0 Å². The molecule has 0 aliphatic rings. The number of rotatable bonds is 1. The van der Waals surface area contributed by atoms with E-state index in [4.69, 9.17) is 11.6 Å². The summed E-state index contributed by atoms with van der Waals surface area (Å²) in [5.41, 5.74) is 2.73. The highest BCUT2D eigenvalue weighted by atomic mass is 35.5. The van der Waals surface area contributed by atoms with Crippen LogP contribution in [0.2, 0.25) is 5.15 Å². The lowest BCUT2D eigenvalue weighted by molar-refractivity contribution is 0.878. The summed E-state index contributed by atoms with van der Waals surface area (Å²) in [6.07, 6.45) is 0. The van der Waals surface area contributed by atoms with E-state index < -0.39 is 0 Å². The molecule has 84 valence electrons. The third kappa shape index (κ3) is 1.68. The van der Waals surface area contributed by atoms with Crippen LogP contribution in [0.15, 0.2) is 42.5 Å². The molecule has 4 heteroatoms. The number of benzene rings is 1. The molecule has 0 spiro atoms. The van der Waals surface area contributed by atoms with Gasteiger partial charge in [0, 0.05) is 5.39 Å². The number of hydrogen-bond donors (Lipinski definition) is 0. The Morgan fingerprint density at radius 2 is 1.82 bits per heavy atom. The molecule has 0 N–H and O–H groups in total. The van der Waals surface area contributed by atoms with Gasteiger partial charge in [-0.2, -0.15) is 5.10 Å². The second-order valence-corrected chi connectivity index (χ2v) is 4.23. The fourth-order valence-electron chi connectivity index (χ4n) is 1.87. The van der Waals surface area contributed by atoms with Crippen LogP contribution in [0.5, 0.6) is 0 Å². The van der Waals surface area contributed by atoms with Crippen molar-refractivity contribution in [3.8, 4) is 5.69 Å². The highest BCUT2D eigenvalue weighted by molar-refractivity contribution is 6.29. The summed E-state index contributed by atoms with van der Waals surface area (Å²) in [4.78, 5) is 4.34. The molecule has 2 heterocycles. The zero-order chi connectivity index (χ0) is 11.8. The lowest BCUT2D eigenvalue weighted by Gasteiger charge is -2.01. The molecule has 0 aliphatic carbocycles. The van der Waals surface area contributed by atoms with Crippen LogP contribution < -0.4 is 0 Å². The van der Waals surface area contributed by atoms with E-state index in [1.54, 1.807) is 6.07 Å². The number of para-hydroxylation sites is 1. The molecule has 0 bridgehead atoms. The van der Waals surface area contributed by atoms with Crippen molar-refractivity contribution in [2.45, 2.75) is 6.92 Å². The molecule has 3 nitrogen and oxygen atoms in total.